The maximum absolute atomic E-state index is 13.6. The molecule has 0 unspecified atom stereocenters. The molecular formula is C18H17FN2O5. The molecule has 0 bridgehead atoms. The molecule has 0 fully saturated rings. The van der Waals surface area contributed by atoms with E-state index in [1.54, 1.807) is 12.1 Å². The minimum atomic E-state index is -1.04. The maximum Gasteiger partial charge on any atom is 0.323 e. The number of aliphatic carboxylic acids is 1. The van der Waals surface area contributed by atoms with Crippen LogP contribution < -0.4 is 14.2 Å². The number of nitrogens with zero attached hydrogens (tertiary/aromatic N) is 2. The number of rotatable bonds is 6. The second-order valence-electron chi connectivity index (χ2n) is 5.46. The summed E-state index contributed by atoms with van der Waals surface area (Å²) in [6.45, 7) is -0.325. The highest BCUT2D eigenvalue weighted by Gasteiger charge is 2.20. The lowest BCUT2D eigenvalue weighted by Crippen LogP contribution is -2.10. The third-order valence-corrected chi connectivity index (χ3v) is 3.93. The Hall–Kier alpha value is -3.29. The molecule has 0 amide bonds. The highest BCUT2D eigenvalue weighted by atomic mass is 19.1. The first kappa shape index (κ1) is 17.5. The topological polar surface area (TPSA) is 82.8 Å². The van der Waals surface area contributed by atoms with Gasteiger partial charge in [0.2, 0.25) is 5.75 Å². The number of methoxy groups -OCH3 is 3. The molecule has 0 saturated carbocycles. The first-order chi connectivity index (χ1) is 12.5. The van der Waals surface area contributed by atoms with Crippen molar-refractivity contribution in [3.05, 3.63) is 36.1 Å². The van der Waals surface area contributed by atoms with Crippen LogP contribution in [-0.2, 0) is 11.3 Å². The molecule has 0 aliphatic heterocycles. The molecule has 0 atom stereocenters. The van der Waals surface area contributed by atoms with Crippen LogP contribution in [0.2, 0.25) is 0 Å². The monoisotopic (exact) mass is 360 g/mol. The molecule has 1 N–H and O–H groups in total. The van der Waals surface area contributed by atoms with Crippen LogP contribution in [0, 0.1) is 5.82 Å². The lowest BCUT2D eigenvalue weighted by molar-refractivity contribution is -0.137. The summed E-state index contributed by atoms with van der Waals surface area (Å²) in [5.74, 6) is 0.0816. The highest BCUT2D eigenvalue weighted by Crippen LogP contribution is 2.41. The van der Waals surface area contributed by atoms with Gasteiger partial charge in [-0.1, -0.05) is 0 Å². The van der Waals surface area contributed by atoms with E-state index in [0.717, 1.165) is 0 Å². The number of carboxylic acid groups (broad SMARTS) is 1. The third kappa shape index (κ3) is 3.01. The van der Waals surface area contributed by atoms with E-state index in [-0.39, 0.29) is 6.54 Å². The van der Waals surface area contributed by atoms with Crippen molar-refractivity contribution in [3.8, 4) is 28.6 Å². The molecule has 0 aliphatic rings. The lowest BCUT2D eigenvalue weighted by atomic mass is 10.1. The van der Waals surface area contributed by atoms with Crippen LogP contribution in [0.4, 0.5) is 4.39 Å². The fraction of sp³-hybridized carbons (Fsp3) is 0.222. The van der Waals surface area contributed by atoms with E-state index in [1.807, 2.05) is 0 Å². The summed E-state index contributed by atoms with van der Waals surface area (Å²) in [4.78, 5) is 15.7. The Bertz CT molecular complexity index is 958. The number of benzene rings is 2. The highest BCUT2D eigenvalue weighted by molar-refractivity contribution is 5.83. The molecule has 3 rings (SSSR count). The van der Waals surface area contributed by atoms with Crippen LogP contribution in [0.15, 0.2) is 30.3 Å². The number of imidazole rings is 1. The average Bonchev–Trinajstić information content (AvgIpc) is 2.97. The molecular weight excluding hydrogens is 343 g/mol. The van der Waals surface area contributed by atoms with Crippen molar-refractivity contribution in [1.29, 1.82) is 0 Å². The second-order valence-corrected chi connectivity index (χ2v) is 5.46. The molecule has 7 nitrogen and oxygen atoms in total. The van der Waals surface area contributed by atoms with Gasteiger partial charge in [-0.25, -0.2) is 9.37 Å². The largest absolute Gasteiger partial charge is 0.493 e. The van der Waals surface area contributed by atoms with Gasteiger partial charge in [-0.15, -0.1) is 0 Å². The van der Waals surface area contributed by atoms with Crippen molar-refractivity contribution in [2.75, 3.05) is 21.3 Å². The maximum atomic E-state index is 13.6. The predicted octanol–water partition coefficient (Wildman–Crippen LogP) is 2.95. The Morgan fingerprint density at radius 1 is 1.12 bits per heavy atom. The van der Waals surface area contributed by atoms with E-state index >= 15 is 0 Å². The van der Waals surface area contributed by atoms with Gasteiger partial charge in [-0.05, 0) is 24.3 Å². The molecule has 136 valence electrons. The van der Waals surface area contributed by atoms with Crippen molar-refractivity contribution in [3.63, 3.8) is 0 Å². The Balaban J connectivity index is 2.28. The molecule has 26 heavy (non-hydrogen) atoms. The van der Waals surface area contributed by atoms with E-state index in [1.165, 1.54) is 44.1 Å². The van der Waals surface area contributed by atoms with Crippen LogP contribution in [-0.4, -0.2) is 42.0 Å². The van der Waals surface area contributed by atoms with Crippen LogP contribution in [0.5, 0.6) is 17.2 Å². The van der Waals surface area contributed by atoms with Crippen molar-refractivity contribution in [2.45, 2.75) is 6.54 Å². The standard InChI is InChI=1S/C18H17FN2O5/c1-24-14-6-10(7-15(25-2)17(14)26-3)18-20-12-8-11(19)4-5-13(12)21(18)9-16(22)23/h4-8H,9H2,1-3H3,(H,22,23). The van der Waals surface area contributed by atoms with Crippen LogP contribution >= 0.6 is 0 Å². The van der Waals surface area contributed by atoms with Crippen LogP contribution in [0.25, 0.3) is 22.4 Å². The quantitative estimate of drug-likeness (QED) is 0.728. The number of halogens is 1. The average molecular weight is 360 g/mol. The van der Waals surface area contributed by atoms with Gasteiger partial charge < -0.3 is 23.9 Å². The van der Waals surface area contributed by atoms with Gasteiger partial charge in [-0.2, -0.15) is 0 Å². The van der Waals surface area contributed by atoms with Crippen molar-refractivity contribution in [1.82, 2.24) is 9.55 Å². The molecule has 8 heteroatoms. The molecule has 0 radical (unpaired) electrons. The van der Waals surface area contributed by atoms with Crippen molar-refractivity contribution >= 4 is 17.0 Å². The predicted molar refractivity (Wildman–Crippen MR) is 92.4 cm³/mol. The Morgan fingerprint density at radius 3 is 2.31 bits per heavy atom. The van der Waals surface area contributed by atoms with Gasteiger partial charge in [-0.3, -0.25) is 4.79 Å². The zero-order valence-corrected chi connectivity index (χ0v) is 14.4. The SMILES string of the molecule is COc1cc(-c2nc3cc(F)ccc3n2CC(=O)O)cc(OC)c1OC. The summed E-state index contributed by atoms with van der Waals surface area (Å²) in [5, 5.41) is 9.26. The van der Waals surface area contributed by atoms with Gasteiger partial charge in [0.05, 0.1) is 32.4 Å². The summed E-state index contributed by atoms with van der Waals surface area (Å²) < 4.78 is 31.0. The summed E-state index contributed by atoms with van der Waals surface area (Å²) in [6, 6.07) is 7.35. The van der Waals surface area contributed by atoms with Gasteiger partial charge >= 0.3 is 5.97 Å². The Labute approximate surface area is 148 Å². The Kier molecular flexibility index (Phi) is 4.66. The Morgan fingerprint density at radius 2 is 1.77 bits per heavy atom. The molecule has 3 aromatic rings. The van der Waals surface area contributed by atoms with E-state index in [0.29, 0.717) is 39.7 Å². The number of carbonyl (C=O) groups is 1. The molecule has 1 heterocycles. The minimum absolute atomic E-state index is 0.325. The lowest BCUT2D eigenvalue weighted by Gasteiger charge is -2.14. The third-order valence-electron chi connectivity index (χ3n) is 3.93. The number of hydrogen-bond donors (Lipinski definition) is 1. The summed E-state index contributed by atoms with van der Waals surface area (Å²) in [7, 11) is 4.45. The number of fused-ring (bicyclic) bond motifs is 1. The van der Waals surface area contributed by atoms with Gasteiger partial charge in [0.25, 0.3) is 0 Å². The molecule has 1 aromatic heterocycles. The summed E-state index contributed by atoms with van der Waals surface area (Å²) >= 11 is 0. The van der Waals surface area contributed by atoms with Gasteiger partial charge in [0, 0.05) is 11.6 Å². The van der Waals surface area contributed by atoms with Crippen LogP contribution in [0.1, 0.15) is 0 Å². The number of carboxylic acids is 1. The summed E-state index contributed by atoms with van der Waals surface area (Å²) in [5.41, 5.74) is 1.42. The number of aromatic nitrogens is 2. The fourth-order valence-electron chi connectivity index (χ4n) is 2.83. The second kappa shape index (κ2) is 6.91. The minimum Gasteiger partial charge on any atom is -0.493 e. The van der Waals surface area contributed by atoms with Crippen molar-refractivity contribution < 1.29 is 28.5 Å². The van der Waals surface area contributed by atoms with Crippen LogP contribution in [0.3, 0.4) is 0 Å². The first-order valence-corrected chi connectivity index (χ1v) is 7.66. The number of hydrogen-bond acceptors (Lipinski definition) is 5. The van der Waals surface area contributed by atoms with Gasteiger partial charge in [0.1, 0.15) is 18.2 Å². The fourth-order valence-corrected chi connectivity index (χ4v) is 2.83. The van der Waals surface area contributed by atoms with E-state index < -0.39 is 11.8 Å². The summed E-state index contributed by atoms with van der Waals surface area (Å²) in [6.07, 6.45) is 0. The zero-order valence-electron chi connectivity index (χ0n) is 14.4. The molecule has 0 saturated heterocycles. The van der Waals surface area contributed by atoms with E-state index in [9.17, 15) is 14.3 Å². The molecule has 0 aliphatic carbocycles. The first-order valence-electron chi connectivity index (χ1n) is 7.66. The van der Waals surface area contributed by atoms with E-state index in [4.69, 9.17) is 14.2 Å². The normalized spacial score (nSPS) is 10.8. The molecule has 0 spiro atoms. The smallest absolute Gasteiger partial charge is 0.323 e. The molecule has 2 aromatic carbocycles. The number of ether oxygens (including phenoxy) is 3. The van der Waals surface area contributed by atoms with Gasteiger partial charge in [0.15, 0.2) is 11.5 Å². The van der Waals surface area contributed by atoms with E-state index in [2.05, 4.69) is 4.98 Å². The zero-order chi connectivity index (χ0) is 18.8. The van der Waals surface area contributed by atoms with Crippen molar-refractivity contribution in [2.24, 2.45) is 0 Å².